The molecular formula is C15H21NO4. The number of hydrogen-bond donors (Lipinski definition) is 3. The molecule has 0 spiro atoms. The molecule has 1 aromatic carbocycles. The van der Waals surface area contributed by atoms with Crippen molar-refractivity contribution in [1.82, 2.24) is 5.32 Å². The van der Waals surface area contributed by atoms with Gasteiger partial charge in [0.2, 0.25) is 0 Å². The van der Waals surface area contributed by atoms with Crippen LogP contribution < -0.4 is 14.8 Å². The van der Waals surface area contributed by atoms with Crippen LogP contribution in [0, 0.1) is 0 Å². The smallest absolute Gasteiger partial charge is 0.165 e. The quantitative estimate of drug-likeness (QED) is 0.778. The minimum Gasteiger partial charge on any atom is -0.504 e. The van der Waals surface area contributed by atoms with Crippen molar-refractivity contribution in [3.05, 3.63) is 16.7 Å². The lowest BCUT2D eigenvalue weighted by Gasteiger charge is -2.30. The highest BCUT2D eigenvalue weighted by Crippen LogP contribution is 2.49. The van der Waals surface area contributed by atoms with Crippen LogP contribution in [0.5, 0.6) is 17.2 Å². The number of aromatic hydroxyl groups is 1. The first-order valence-corrected chi connectivity index (χ1v) is 7.22. The number of aliphatic hydroxyl groups excluding tert-OH is 1. The standard InChI is InChI=1S/C15H21NO4/c1-16-8-11(17)12-9-4-2-7-20-15(9)13(18)10-5-3-6-19-14(10)12/h11,16-18H,2-8H2,1H3. The van der Waals surface area contributed by atoms with Crippen LogP contribution in [-0.4, -0.2) is 37.0 Å². The highest BCUT2D eigenvalue weighted by Gasteiger charge is 2.31. The van der Waals surface area contributed by atoms with Gasteiger partial charge in [-0.1, -0.05) is 0 Å². The number of rotatable bonds is 3. The van der Waals surface area contributed by atoms with E-state index in [1.807, 2.05) is 0 Å². The Kier molecular flexibility index (Phi) is 3.72. The Morgan fingerprint density at radius 2 is 1.75 bits per heavy atom. The highest BCUT2D eigenvalue weighted by molar-refractivity contribution is 5.64. The van der Waals surface area contributed by atoms with Crippen LogP contribution in [0.1, 0.15) is 35.6 Å². The average Bonchev–Trinajstić information content (AvgIpc) is 2.48. The normalized spacial score (nSPS) is 18.5. The second kappa shape index (κ2) is 5.50. The first-order valence-electron chi connectivity index (χ1n) is 7.22. The summed E-state index contributed by atoms with van der Waals surface area (Å²) in [5, 5.41) is 23.8. The van der Waals surface area contributed by atoms with Crippen LogP contribution >= 0.6 is 0 Å². The number of phenols is 1. The predicted molar refractivity (Wildman–Crippen MR) is 74.6 cm³/mol. The van der Waals surface area contributed by atoms with E-state index in [2.05, 4.69) is 5.32 Å². The predicted octanol–water partition coefficient (Wildman–Crippen LogP) is 1.30. The maximum Gasteiger partial charge on any atom is 0.165 e. The molecule has 2 aliphatic rings. The Balaban J connectivity index is 2.19. The van der Waals surface area contributed by atoms with Crippen molar-refractivity contribution in [1.29, 1.82) is 0 Å². The SMILES string of the molecule is CNCC(O)c1c2c(c(O)c3c1OCCC3)OCCC2. The molecule has 0 fully saturated rings. The fraction of sp³-hybridized carbons (Fsp3) is 0.600. The molecule has 5 nitrogen and oxygen atoms in total. The third kappa shape index (κ3) is 2.11. The Hall–Kier alpha value is -1.46. The van der Waals surface area contributed by atoms with Crippen LogP contribution in [0.4, 0.5) is 0 Å². The van der Waals surface area contributed by atoms with Crippen molar-refractivity contribution in [2.45, 2.75) is 31.8 Å². The van der Waals surface area contributed by atoms with Crippen molar-refractivity contribution in [3.63, 3.8) is 0 Å². The molecule has 0 saturated carbocycles. The Morgan fingerprint density at radius 1 is 1.10 bits per heavy atom. The van der Waals surface area contributed by atoms with Crippen molar-refractivity contribution < 1.29 is 19.7 Å². The molecular weight excluding hydrogens is 258 g/mol. The van der Waals surface area contributed by atoms with E-state index in [4.69, 9.17) is 9.47 Å². The molecule has 1 atom stereocenters. The minimum atomic E-state index is -0.650. The van der Waals surface area contributed by atoms with E-state index in [0.29, 0.717) is 31.3 Å². The molecule has 1 aromatic rings. The number of ether oxygens (including phenoxy) is 2. The van der Waals surface area contributed by atoms with E-state index in [9.17, 15) is 10.2 Å². The van der Waals surface area contributed by atoms with E-state index in [-0.39, 0.29) is 5.75 Å². The Bertz CT molecular complexity index is 478. The summed E-state index contributed by atoms with van der Waals surface area (Å²) in [7, 11) is 1.81. The Labute approximate surface area is 118 Å². The van der Waals surface area contributed by atoms with E-state index < -0.39 is 6.10 Å². The summed E-state index contributed by atoms with van der Waals surface area (Å²) in [6, 6.07) is 0. The highest BCUT2D eigenvalue weighted by atomic mass is 16.5. The zero-order chi connectivity index (χ0) is 14.1. The molecule has 0 radical (unpaired) electrons. The van der Waals surface area contributed by atoms with Crippen LogP contribution in [0.2, 0.25) is 0 Å². The molecule has 0 aliphatic carbocycles. The van der Waals surface area contributed by atoms with Gasteiger partial charge in [-0.15, -0.1) is 0 Å². The molecule has 1 unspecified atom stereocenters. The van der Waals surface area contributed by atoms with Crippen molar-refractivity contribution in [2.75, 3.05) is 26.8 Å². The summed E-state index contributed by atoms with van der Waals surface area (Å²) >= 11 is 0. The molecule has 2 aliphatic heterocycles. The number of likely N-dealkylation sites (N-methyl/N-ethyl adjacent to an activating group) is 1. The molecule has 2 heterocycles. The van der Waals surface area contributed by atoms with E-state index in [1.54, 1.807) is 7.05 Å². The van der Waals surface area contributed by atoms with Gasteiger partial charge in [0.25, 0.3) is 0 Å². The van der Waals surface area contributed by atoms with E-state index in [1.165, 1.54) is 0 Å². The molecule has 0 bridgehead atoms. The topological polar surface area (TPSA) is 71.0 Å². The number of nitrogens with one attached hydrogen (secondary N) is 1. The third-order valence-electron chi connectivity index (χ3n) is 3.98. The summed E-state index contributed by atoms with van der Waals surface area (Å²) in [6.07, 6.45) is 2.68. The summed E-state index contributed by atoms with van der Waals surface area (Å²) in [5.74, 6) is 1.42. The summed E-state index contributed by atoms with van der Waals surface area (Å²) in [4.78, 5) is 0. The van der Waals surface area contributed by atoms with Gasteiger partial charge in [-0.25, -0.2) is 0 Å². The second-order valence-corrected chi connectivity index (χ2v) is 5.36. The largest absolute Gasteiger partial charge is 0.504 e. The lowest BCUT2D eigenvalue weighted by Crippen LogP contribution is -2.23. The van der Waals surface area contributed by atoms with E-state index in [0.717, 1.165) is 42.4 Å². The summed E-state index contributed by atoms with van der Waals surface area (Å²) in [6.45, 7) is 1.69. The monoisotopic (exact) mass is 279 g/mol. The van der Waals surface area contributed by atoms with Crippen LogP contribution in [-0.2, 0) is 12.8 Å². The first-order chi connectivity index (χ1) is 9.74. The summed E-state index contributed by atoms with van der Waals surface area (Å²) < 4.78 is 11.4. The molecule has 0 amide bonds. The maximum absolute atomic E-state index is 10.4. The van der Waals surface area contributed by atoms with Gasteiger partial charge < -0.3 is 25.0 Å². The van der Waals surface area contributed by atoms with Gasteiger partial charge in [-0.3, -0.25) is 0 Å². The minimum absolute atomic E-state index is 0.204. The number of hydrogen-bond acceptors (Lipinski definition) is 5. The van der Waals surface area contributed by atoms with Gasteiger partial charge in [-0.2, -0.15) is 0 Å². The van der Waals surface area contributed by atoms with Crippen molar-refractivity contribution in [3.8, 4) is 17.2 Å². The lowest BCUT2D eigenvalue weighted by atomic mass is 9.89. The molecule has 110 valence electrons. The lowest BCUT2D eigenvalue weighted by molar-refractivity contribution is 0.164. The van der Waals surface area contributed by atoms with E-state index >= 15 is 0 Å². The average molecular weight is 279 g/mol. The van der Waals surface area contributed by atoms with Crippen LogP contribution in [0.15, 0.2) is 0 Å². The fourth-order valence-electron chi connectivity index (χ4n) is 3.10. The number of aliphatic hydroxyl groups is 1. The first kappa shape index (κ1) is 13.5. The van der Waals surface area contributed by atoms with Gasteiger partial charge in [0, 0.05) is 23.2 Å². The van der Waals surface area contributed by atoms with Gasteiger partial charge in [0.05, 0.1) is 19.3 Å². The zero-order valence-corrected chi connectivity index (χ0v) is 11.7. The molecule has 20 heavy (non-hydrogen) atoms. The van der Waals surface area contributed by atoms with Crippen LogP contribution in [0.3, 0.4) is 0 Å². The number of phenolic OH excluding ortho intramolecular Hbond substituents is 1. The maximum atomic E-state index is 10.4. The Morgan fingerprint density at radius 3 is 2.45 bits per heavy atom. The zero-order valence-electron chi connectivity index (χ0n) is 11.7. The van der Waals surface area contributed by atoms with Crippen LogP contribution in [0.25, 0.3) is 0 Å². The molecule has 0 aromatic heterocycles. The molecule has 5 heteroatoms. The number of fused-ring (bicyclic) bond motifs is 2. The van der Waals surface area contributed by atoms with Gasteiger partial charge in [0.15, 0.2) is 11.5 Å². The van der Waals surface area contributed by atoms with Crippen molar-refractivity contribution in [2.24, 2.45) is 0 Å². The fourth-order valence-corrected chi connectivity index (χ4v) is 3.10. The third-order valence-corrected chi connectivity index (χ3v) is 3.98. The van der Waals surface area contributed by atoms with Crippen molar-refractivity contribution >= 4 is 0 Å². The molecule has 3 rings (SSSR count). The molecule has 3 N–H and O–H groups in total. The van der Waals surface area contributed by atoms with Gasteiger partial charge in [0.1, 0.15) is 5.75 Å². The van der Waals surface area contributed by atoms with Gasteiger partial charge >= 0.3 is 0 Å². The van der Waals surface area contributed by atoms with Gasteiger partial charge in [-0.05, 0) is 32.7 Å². The summed E-state index contributed by atoms with van der Waals surface area (Å²) in [5.41, 5.74) is 2.47. The number of benzene rings is 1. The second-order valence-electron chi connectivity index (χ2n) is 5.36. The molecule has 0 saturated heterocycles.